The largest absolute Gasteiger partial charge is 0.378 e. The molecular formula is C23H28ClN3O4S2. The lowest BCUT2D eigenvalue weighted by atomic mass is 10.1. The molecule has 0 atom stereocenters. The van der Waals surface area contributed by atoms with Gasteiger partial charge in [-0.05, 0) is 49.1 Å². The van der Waals surface area contributed by atoms with Crippen LogP contribution >= 0.6 is 23.4 Å². The number of anilines is 1. The lowest BCUT2D eigenvalue weighted by Crippen LogP contribution is -2.48. The summed E-state index contributed by atoms with van der Waals surface area (Å²) in [5.74, 6) is -0.152. The SMILES string of the molecule is CSc1ccc(S(=O)(=O)N2CCN(c3cc(Cl)ccc3C)CC2)cc1C(=O)N1CCOCC1. The summed E-state index contributed by atoms with van der Waals surface area (Å²) < 4.78 is 33.7. The monoisotopic (exact) mass is 509 g/mol. The van der Waals surface area contributed by atoms with Crippen LogP contribution in [-0.2, 0) is 14.8 Å². The van der Waals surface area contributed by atoms with E-state index in [-0.39, 0.29) is 10.8 Å². The molecular weight excluding hydrogens is 482 g/mol. The summed E-state index contributed by atoms with van der Waals surface area (Å²) in [6.45, 7) is 5.91. The Labute approximate surface area is 204 Å². The molecule has 0 N–H and O–H groups in total. The summed E-state index contributed by atoms with van der Waals surface area (Å²) in [4.78, 5) is 17.9. The average molecular weight is 510 g/mol. The van der Waals surface area contributed by atoms with Crippen molar-refractivity contribution in [3.05, 3.63) is 52.5 Å². The first kappa shape index (κ1) is 24.3. The number of carbonyl (C=O) groups is 1. The molecule has 7 nitrogen and oxygen atoms in total. The maximum absolute atomic E-state index is 13.4. The van der Waals surface area contributed by atoms with Gasteiger partial charge in [0.1, 0.15) is 0 Å². The third-order valence-corrected chi connectivity index (χ3v) is 9.01. The van der Waals surface area contributed by atoms with E-state index in [1.54, 1.807) is 17.0 Å². The number of amides is 1. The van der Waals surface area contributed by atoms with Crippen LogP contribution in [0.25, 0.3) is 0 Å². The fraction of sp³-hybridized carbons (Fsp3) is 0.435. The van der Waals surface area contributed by atoms with Crippen molar-refractivity contribution in [2.45, 2.75) is 16.7 Å². The van der Waals surface area contributed by atoms with Gasteiger partial charge in [-0.2, -0.15) is 4.31 Å². The predicted molar refractivity (Wildman–Crippen MR) is 132 cm³/mol. The number of morpholine rings is 1. The van der Waals surface area contributed by atoms with Gasteiger partial charge in [-0.1, -0.05) is 17.7 Å². The van der Waals surface area contributed by atoms with Gasteiger partial charge in [0, 0.05) is 54.9 Å². The Morgan fingerprint density at radius 2 is 1.70 bits per heavy atom. The van der Waals surface area contributed by atoms with E-state index in [2.05, 4.69) is 4.90 Å². The molecule has 0 spiro atoms. The number of halogens is 1. The molecule has 0 aliphatic carbocycles. The Balaban J connectivity index is 1.54. The second-order valence-electron chi connectivity index (χ2n) is 8.09. The number of hydrogen-bond donors (Lipinski definition) is 0. The van der Waals surface area contributed by atoms with E-state index in [0.29, 0.717) is 63.1 Å². The van der Waals surface area contributed by atoms with Crippen molar-refractivity contribution >= 4 is 45.0 Å². The summed E-state index contributed by atoms with van der Waals surface area (Å²) >= 11 is 7.60. The van der Waals surface area contributed by atoms with Crippen molar-refractivity contribution in [3.8, 4) is 0 Å². The number of rotatable bonds is 5. The number of thioether (sulfide) groups is 1. The van der Waals surface area contributed by atoms with Crippen LogP contribution in [0.2, 0.25) is 5.02 Å². The Bertz CT molecular complexity index is 1130. The van der Waals surface area contributed by atoms with Gasteiger partial charge in [0.25, 0.3) is 5.91 Å². The Morgan fingerprint density at radius 3 is 2.36 bits per heavy atom. The van der Waals surface area contributed by atoms with Crippen LogP contribution in [0.5, 0.6) is 0 Å². The zero-order valence-corrected chi connectivity index (χ0v) is 21.2. The number of piperazine rings is 1. The smallest absolute Gasteiger partial charge is 0.255 e. The van der Waals surface area contributed by atoms with E-state index < -0.39 is 10.0 Å². The first-order chi connectivity index (χ1) is 15.8. The molecule has 0 saturated carbocycles. The topological polar surface area (TPSA) is 70.2 Å². The second-order valence-corrected chi connectivity index (χ2v) is 11.3. The molecule has 4 rings (SSSR count). The van der Waals surface area contributed by atoms with Crippen LogP contribution < -0.4 is 4.90 Å². The van der Waals surface area contributed by atoms with Gasteiger partial charge in [0.15, 0.2) is 0 Å². The minimum atomic E-state index is -3.72. The third kappa shape index (κ3) is 5.17. The molecule has 0 radical (unpaired) electrons. The van der Waals surface area contributed by atoms with Crippen molar-refractivity contribution < 1.29 is 17.9 Å². The van der Waals surface area contributed by atoms with Gasteiger partial charge >= 0.3 is 0 Å². The number of carbonyl (C=O) groups excluding carboxylic acids is 1. The predicted octanol–water partition coefficient (Wildman–Crippen LogP) is 3.35. The second kappa shape index (κ2) is 10.2. The van der Waals surface area contributed by atoms with Crippen LogP contribution in [0.15, 0.2) is 46.2 Å². The number of sulfonamides is 1. The van der Waals surface area contributed by atoms with Crippen LogP contribution in [0.4, 0.5) is 5.69 Å². The van der Waals surface area contributed by atoms with Gasteiger partial charge in [-0.25, -0.2) is 8.42 Å². The molecule has 2 heterocycles. The van der Waals surface area contributed by atoms with Crippen molar-refractivity contribution in [2.24, 2.45) is 0 Å². The maximum atomic E-state index is 13.4. The fourth-order valence-electron chi connectivity index (χ4n) is 4.19. The number of ether oxygens (including phenoxy) is 1. The Kier molecular flexibility index (Phi) is 7.55. The minimum absolute atomic E-state index is 0.152. The molecule has 0 aromatic heterocycles. The number of nitrogens with zero attached hydrogens (tertiary/aromatic N) is 3. The lowest BCUT2D eigenvalue weighted by Gasteiger charge is -2.36. The van der Waals surface area contributed by atoms with E-state index in [4.69, 9.17) is 16.3 Å². The quantitative estimate of drug-likeness (QED) is 0.576. The highest BCUT2D eigenvalue weighted by Crippen LogP contribution is 2.29. The zero-order valence-electron chi connectivity index (χ0n) is 18.8. The summed E-state index contributed by atoms with van der Waals surface area (Å²) in [5, 5.41) is 0.664. The molecule has 10 heteroatoms. The first-order valence-electron chi connectivity index (χ1n) is 10.9. The summed E-state index contributed by atoms with van der Waals surface area (Å²) in [5.41, 5.74) is 2.57. The summed E-state index contributed by atoms with van der Waals surface area (Å²) in [6, 6.07) is 10.6. The summed E-state index contributed by atoms with van der Waals surface area (Å²) in [6.07, 6.45) is 1.89. The highest BCUT2D eigenvalue weighted by Gasteiger charge is 2.31. The Morgan fingerprint density at radius 1 is 1.00 bits per heavy atom. The molecule has 2 aliphatic rings. The van der Waals surface area contributed by atoms with E-state index >= 15 is 0 Å². The normalized spacial score (nSPS) is 17.9. The molecule has 2 aromatic carbocycles. The molecule has 2 saturated heterocycles. The standard InChI is InChI=1S/C23H28ClN3O4S2/c1-17-3-4-18(24)15-21(17)25-7-9-27(10-8-25)33(29,30)19-5-6-22(32-2)20(16-19)23(28)26-11-13-31-14-12-26/h3-6,15-16H,7-14H2,1-2H3. The molecule has 178 valence electrons. The molecule has 2 fully saturated rings. The van der Waals surface area contributed by atoms with Crippen molar-refractivity contribution in [1.29, 1.82) is 0 Å². The van der Waals surface area contributed by atoms with Gasteiger partial charge in [-0.3, -0.25) is 4.79 Å². The first-order valence-corrected chi connectivity index (χ1v) is 13.9. The Hall–Kier alpha value is -1.78. The van der Waals surface area contributed by atoms with Crippen LogP contribution in [0.1, 0.15) is 15.9 Å². The van der Waals surface area contributed by atoms with Gasteiger partial charge in [-0.15, -0.1) is 11.8 Å². The average Bonchev–Trinajstić information content (AvgIpc) is 2.85. The van der Waals surface area contributed by atoms with Gasteiger partial charge < -0.3 is 14.5 Å². The lowest BCUT2D eigenvalue weighted by molar-refractivity contribution is 0.0300. The minimum Gasteiger partial charge on any atom is -0.378 e. The van der Waals surface area contributed by atoms with Crippen molar-refractivity contribution in [2.75, 3.05) is 63.6 Å². The fourth-order valence-corrected chi connectivity index (χ4v) is 6.38. The molecule has 2 aromatic rings. The zero-order chi connectivity index (χ0) is 23.6. The highest BCUT2D eigenvalue weighted by molar-refractivity contribution is 7.98. The van der Waals surface area contributed by atoms with E-state index in [9.17, 15) is 13.2 Å². The number of aryl methyl sites for hydroxylation is 1. The number of hydrogen-bond acceptors (Lipinski definition) is 6. The van der Waals surface area contributed by atoms with Crippen LogP contribution in [0, 0.1) is 6.92 Å². The molecule has 2 aliphatic heterocycles. The third-order valence-electron chi connectivity index (χ3n) is 6.09. The molecule has 1 amide bonds. The van der Waals surface area contributed by atoms with Gasteiger partial charge in [0.2, 0.25) is 10.0 Å². The van der Waals surface area contributed by atoms with E-state index in [0.717, 1.165) is 16.1 Å². The van der Waals surface area contributed by atoms with Gasteiger partial charge in [0.05, 0.1) is 23.7 Å². The highest BCUT2D eigenvalue weighted by atomic mass is 35.5. The van der Waals surface area contributed by atoms with Crippen LogP contribution in [0.3, 0.4) is 0 Å². The van der Waals surface area contributed by atoms with E-state index in [1.165, 1.54) is 22.1 Å². The number of benzene rings is 2. The maximum Gasteiger partial charge on any atom is 0.255 e. The van der Waals surface area contributed by atoms with E-state index in [1.807, 2.05) is 31.4 Å². The van der Waals surface area contributed by atoms with Crippen molar-refractivity contribution in [3.63, 3.8) is 0 Å². The molecule has 33 heavy (non-hydrogen) atoms. The van der Waals surface area contributed by atoms with Crippen molar-refractivity contribution in [1.82, 2.24) is 9.21 Å². The summed E-state index contributed by atoms with van der Waals surface area (Å²) in [7, 11) is -3.72. The molecule has 0 unspecified atom stereocenters. The van der Waals surface area contributed by atoms with Crippen LogP contribution in [-0.4, -0.2) is 82.3 Å². The molecule has 0 bridgehead atoms.